The summed E-state index contributed by atoms with van der Waals surface area (Å²) in [6.07, 6.45) is -0.227. The van der Waals surface area contributed by atoms with Gasteiger partial charge < -0.3 is 0 Å². The summed E-state index contributed by atoms with van der Waals surface area (Å²) in [5.74, 6) is 0. The highest BCUT2D eigenvalue weighted by Crippen LogP contribution is 2.36. The smallest absolute Gasteiger partial charge is 0.297 e. The molecule has 102 valence electrons. The highest BCUT2D eigenvalue weighted by Gasteiger charge is 2.45. The maximum Gasteiger partial charge on any atom is 0.401 e. The van der Waals surface area contributed by atoms with Crippen LogP contribution in [-0.2, 0) is 0 Å². The van der Waals surface area contributed by atoms with E-state index < -0.39 is 18.3 Å². The summed E-state index contributed by atoms with van der Waals surface area (Å²) in [6.45, 7) is -0.900. The topological polar surface area (TPSA) is 39.1 Å². The summed E-state index contributed by atoms with van der Waals surface area (Å²) in [5.41, 5.74) is -0.605. The Balaban J connectivity index is 1.91. The van der Waals surface area contributed by atoms with Crippen LogP contribution in [0.25, 0.3) is 0 Å². The molecule has 0 saturated heterocycles. The number of hydrogen-bond donors (Lipinski definition) is 1. The predicted octanol–water partition coefficient (Wildman–Crippen LogP) is 2.05. The lowest BCUT2D eigenvalue weighted by atomic mass is 9.99. The minimum atomic E-state index is -4.17. The third kappa shape index (κ3) is 3.36. The molecule has 2 saturated carbocycles. The first kappa shape index (κ1) is 13.6. The number of hydrogen-bond acceptors (Lipinski definition) is 3. The lowest BCUT2D eigenvalue weighted by Gasteiger charge is -2.27. The van der Waals surface area contributed by atoms with Gasteiger partial charge in [0.1, 0.15) is 5.54 Å². The van der Waals surface area contributed by atoms with Crippen molar-refractivity contribution in [1.82, 2.24) is 10.2 Å². The van der Waals surface area contributed by atoms with Crippen molar-refractivity contribution < 1.29 is 13.2 Å². The van der Waals surface area contributed by atoms with Crippen molar-refractivity contribution >= 4 is 0 Å². The molecule has 2 unspecified atom stereocenters. The van der Waals surface area contributed by atoms with Gasteiger partial charge in [0.2, 0.25) is 0 Å². The highest BCUT2D eigenvalue weighted by molar-refractivity contribution is 5.15. The van der Waals surface area contributed by atoms with E-state index in [-0.39, 0.29) is 6.04 Å². The fraction of sp³-hybridized carbons (Fsp3) is 0.917. The van der Waals surface area contributed by atoms with Gasteiger partial charge >= 0.3 is 6.18 Å². The standard InChI is InChI=1S/C12H18F3N3/c1-18(8-12(13,14)15)10-4-5-11(6-10,7-16)17-9-2-3-9/h9-10,17H,2-6,8H2,1H3. The van der Waals surface area contributed by atoms with Crippen LogP contribution >= 0.6 is 0 Å². The van der Waals surface area contributed by atoms with Crippen LogP contribution in [0.1, 0.15) is 32.1 Å². The lowest BCUT2D eigenvalue weighted by molar-refractivity contribution is -0.147. The second-order valence-electron chi connectivity index (χ2n) is 5.54. The van der Waals surface area contributed by atoms with Crippen molar-refractivity contribution in [3.05, 3.63) is 0 Å². The molecule has 2 fully saturated rings. The molecule has 0 aliphatic heterocycles. The first-order valence-corrected chi connectivity index (χ1v) is 6.29. The highest BCUT2D eigenvalue weighted by atomic mass is 19.4. The van der Waals surface area contributed by atoms with Gasteiger partial charge in [-0.05, 0) is 39.2 Å². The second-order valence-corrected chi connectivity index (χ2v) is 5.54. The van der Waals surface area contributed by atoms with Gasteiger partial charge in [0.05, 0.1) is 12.6 Å². The van der Waals surface area contributed by atoms with E-state index in [0.717, 1.165) is 12.8 Å². The molecule has 0 amide bonds. The summed E-state index contributed by atoms with van der Waals surface area (Å²) in [5, 5.41) is 12.6. The van der Waals surface area contributed by atoms with Crippen LogP contribution in [0.15, 0.2) is 0 Å². The minimum absolute atomic E-state index is 0.155. The van der Waals surface area contributed by atoms with Crippen LogP contribution in [0, 0.1) is 11.3 Å². The van der Waals surface area contributed by atoms with E-state index in [2.05, 4.69) is 11.4 Å². The second kappa shape index (κ2) is 4.71. The van der Waals surface area contributed by atoms with Gasteiger partial charge in [-0.15, -0.1) is 0 Å². The number of halogens is 3. The van der Waals surface area contributed by atoms with Crippen molar-refractivity contribution in [1.29, 1.82) is 5.26 Å². The normalized spacial score (nSPS) is 32.8. The molecule has 0 radical (unpaired) electrons. The summed E-state index contributed by atoms with van der Waals surface area (Å²) >= 11 is 0. The van der Waals surface area contributed by atoms with Crippen molar-refractivity contribution in [3.8, 4) is 6.07 Å². The molecule has 0 spiro atoms. The molecular formula is C12H18F3N3. The van der Waals surface area contributed by atoms with Crippen LogP contribution < -0.4 is 5.32 Å². The lowest BCUT2D eigenvalue weighted by Crippen LogP contribution is -2.45. The van der Waals surface area contributed by atoms with Gasteiger partial charge in [0, 0.05) is 12.1 Å². The zero-order chi connectivity index (χ0) is 13.4. The number of rotatable bonds is 4. The van der Waals surface area contributed by atoms with E-state index in [1.807, 2.05) is 0 Å². The quantitative estimate of drug-likeness (QED) is 0.841. The summed E-state index contributed by atoms with van der Waals surface area (Å²) in [4.78, 5) is 1.33. The van der Waals surface area contributed by atoms with Crippen LogP contribution in [-0.4, -0.2) is 42.3 Å². The van der Waals surface area contributed by atoms with Crippen LogP contribution in [0.2, 0.25) is 0 Å². The number of nitriles is 1. The average molecular weight is 261 g/mol. The SMILES string of the molecule is CN(CC(F)(F)F)C1CCC(C#N)(NC2CC2)C1. The molecule has 6 heteroatoms. The summed E-state index contributed by atoms with van der Waals surface area (Å²) < 4.78 is 37.0. The minimum Gasteiger partial charge on any atom is -0.297 e. The van der Waals surface area contributed by atoms with E-state index >= 15 is 0 Å². The molecule has 0 aromatic carbocycles. The first-order valence-electron chi connectivity index (χ1n) is 6.29. The molecule has 1 N–H and O–H groups in total. The monoisotopic (exact) mass is 261 g/mol. The van der Waals surface area contributed by atoms with Crippen LogP contribution in [0.4, 0.5) is 13.2 Å². The fourth-order valence-corrected chi connectivity index (χ4v) is 2.69. The van der Waals surface area contributed by atoms with E-state index in [1.165, 1.54) is 11.9 Å². The van der Waals surface area contributed by atoms with E-state index in [0.29, 0.717) is 25.3 Å². The fourth-order valence-electron chi connectivity index (χ4n) is 2.69. The Hall–Kier alpha value is -0.800. The third-order valence-corrected chi connectivity index (χ3v) is 3.81. The molecule has 2 aliphatic carbocycles. The molecule has 0 aromatic rings. The van der Waals surface area contributed by atoms with Gasteiger partial charge in [-0.3, -0.25) is 10.2 Å². The molecule has 2 aliphatic rings. The Labute approximate surface area is 105 Å². The van der Waals surface area contributed by atoms with Crippen LogP contribution in [0.5, 0.6) is 0 Å². The summed E-state index contributed by atoms with van der Waals surface area (Å²) in [7, 11) is 1.49. The Kier molecular flexibility index (Phi) is 3.56. The van der Waals surface area contributed by atoms with E-state index in [4.69, 9.17) is 0 Å². The molecule has 2 atom stereocenters. The molecule has 2 rings (SSSR count). The van der Waals surface area contributed by atoms with Crippen molar-refractivity contribution in [2.24, 2.45) is 0 Å². The predicted molar refractivity (Wildman–Crippen MR) is 60.8 cm³/mol. The number of alkyl halides is 3. The zero-order valence-corrected chi connectivity index (χ0v) is 10.4. The maximum absolute atomic E-state index is 12.3. The number of nitrogens with one attached hydrogen (secondary N) is 1. The van der Waals surface area contributed by atoms with Crippen molar-refractivity contribution in [2.45, 2.75) is 55.9 Å². The maximum atomic E-state index is 12.3. The average Bonchev–Trinajstić information content (AvgIpc) is 2.93. The van der Waals surface area contributed by atoms with Crippen molar-refractivity contribution in [3.63, 3.8) is 0 Å². The Morgan fingerprint density at radius 2 is 2.06 bits per heavy atom. The van der Waals surface area contributed by atoms with Crippen LogP contribution in [0.3, 0.4) is 0 Å². The molecule has 18 heavy (non-hydrogen) atoms. The van der Waals surface area contributed by atoms with Gasteiger partial charge in [-0.2, -0.15) is 18.4 Å². The summed E-state index contributed by atoms with van der Waals surface area (Å²) in [6, 6.07) is 2.52. The Morgan fingerprint density at radius 3 is 2.56 bits per heavy atom. The molecular weight excluding hydrogens is 243 g/mol. The Bertz CT molecular complexity index is 345. The van der Waals surface area contributed by atoms with Gasteiger partial charge in [-0.1, -0.05) is 0 Å². The van der Waals surface area contributed by atoms with Crippen molar-refractivity contribution in [2.75, 3.05) is 13.6 Å². The zero-order valence-electron chi connectivity index (χ0n) is 10.4. The molecule has 0 bridgehead atoms. The number of nitrogens with zero attached hydrogens (tertiary/aromatic N) is 2. The van der Waals surface area contributed by atoms with E-state index in [1.54, 1.807) is 0 Å². The van der Waals surface area contributed by atoms with E-state index in [9.17, 15) is 18.4 Å². The molecule has 0 heterocycles. The molecule has 3 nitrogen and oxygen atoms in total. The largest absolute Gasteiger partial charge is 0.401 e. The van der Waals surface area contributed by atoms with Gasteiger partial charge in [0.25, 0.3) is 0 Å². The molecule has 0 aromatic heterocycles. The van der Waals surface area contributed by atoms with Gasteiger partial charge in [0.15, 0.2) is 0 Å². The first-order chi connectivity index (χ1) is 8.34. The Morgan fingerprint density at radius 1 is 1.39 bits per heavy atom. The van der Waals surface area contributed by atoms with Gasteiger partial charge in [-0.25, -0.2) is 0 Å². The third-order valence-electron chi connectivity index (χ3n) is 3.81.